The molecule has 6 heterocycles. The molecule has 5 unspecified atom stereocenters. The molecule has 0 aliphatic carbocycles. The smallest absolute Gasteiger partial charge is 0.434 e. The van der Waals surface area contributed by atoms with Crippen LogP contribution in [-0.2, 0) is 115 Å². The predicted molar refractivity (Wildman–Crippen MR) is 548 cm³/mol. The molecule has 0 saturated carbocycles. The first kappa shape index (κ1) is 131. The Bertz CT molecular complexity index is 5130. The number of rotatable bonds is 72. The number of hydrogen-bond acceptors (Lipinski definition) is 31. The number of halogens is 13. The number of nitrogens with two attached hydrogens (primary N) is 1. The van der Waals surface area contributed by atoms with Crippen LogP contribution in [0.15, 0.2) is 96.8 Å². The number of imidazole rings is 2. The summed E-state index contributed by atoms with van der Waals surface area (Å²) < 4.78 is 170. The average molecular weight is 2480 g/mol. The van der Waals surface area contributed by atoms with Crippen molar-refractivity contribution in [3.63, 3.8) is 0 Å². The van der Waals surface area contributed by atoms with E-state index in [0.717, 1.165) is 18.2 Å². The summed E-state index contributed by atoms with van der Waals surface area (Å²) in [7, 11) is -19.2. The third kappa shape index (κ3) is 43.2. The van der Waals surface area contributed by atoms with Crippen LogP contribution in [0.25, 0.3) is 0 Å². The van der Waals surface area contributed by atoms with Gasteiger partial charge in [0.15, 0.2) is 17.3 Å². The van der Waals surface area contributed by atoms with E-state index in [1.807, 2.05) is 37.0 Å². The molecule has 5 atom stereocenters. The van der Waals surface area contributed by atoms with Gasteiger partial charge in [0, 0.05) is 186 Å². The molecule has 1 aromatic carbocycles. The van der Waals surface area contributed by atoms with Gasteiger partial charge in [0.2, 0.25) is 0 Å². The molecule has 0 amide bonds. The Balaban J connectivity index is 0.000000405. The van der Waals surface area contributed by atoms with Crippen molar-refractivity contribution in [1.82, 2.24) is 72.1 Å². The minimum absolute atomic E-state index is 0.00849. The van der Waals surface area contributed by atoms with Crippen LogP contribution in [0.4, 0.5) is 39.8 Å². The predicted octanol–water partition coefficient (Wildman–Crippen LogP) is 19.1. The number of aromatic nitrogens is 4. The molecule has 0 fully saturated rings. The number of nitrogens with zero attached hydrogens (tertiary/aromatic N) is 17. The van der Waals surface area contributed by atoms with Gasteiger partial charge in [-0.1, -0.05) is 47.9 Å². The number of nitrogens with one attached hydrogen (secondary N) is 4. The van der Waals surface area contributed by atoms with Gasteiger partial charge in [-0.15, -0.1) is 116 Å². The van der Waals surface area contributed by atoms with Gasteiger partial charge in [-0.3, -0.25) is 90.5 Å². The Kier molecular flexibility index (Phi) is 61.8. The normalized spacial score (nSPS) is 14.0. The summed E-state index contributed by atoms with van der Waals surface area (Å²) in [5.41, 5.74) is 7.05. The lowest BCUT2D eigenvalue weighted by Crippen LogP contribution is -2.41. The molecule has 7 rings (SSSR count). The molecule has 0 radical (unpaired) electrons. The standard InChI is InChI=1S/C22H34Cl4N6O10P2.C20H30Cl4N6O10P2.C16H21Cl2FN5O5P.C15H28Br2N5O4P/c23-7-13-29(14-8-24)43(37,39-17-19-3-5-21(41-19)31(33)34)27-11-1-2-12-28-44(38,30(15-9-25)16-10-26)40-18-20-4-6-22(42-20)32(35)36;21-5-11-27(12-6-22)41(35,37-15-17-1-3-19(39-17)29(31)32)25-9-10-26-42(36,28(13-7-23)14-8-24)38-16-18-2-4-20(40-18)30(33)34;1-22-13(9-21-16(22)24(25)26)11-28-15-3-2-12(8-14(15)19)10-29-30(20,27)23(6-4-17)7-5-18;1-12(2)20(8-6-16)27(25,21(9-7-17)13(3)4)26-11-14-10-18-15(19(14)5)22(23)24/h3-6H,1-2,7-18H2,(H,27,37)(H,28,38);1-4H,5-16H2,(H,25,35)(H,26,36);2-3,8-9H,4-7,10-11H2,1H3,(H2,20,27);10,12-13H,6-9,11H2,1-5H3. The van der Waals surface area contributed by atoms with E-state index in [1.54, 1.807) is 7.05 Å². The van der Waals surface area contributed by atoms with Crippen LogP contribution in [0, 0.1) is 66.5 Å². The van der Waals surface area contributed by atoms with E-state index >= 15 is 0 Å². The van der Waals surface area contributed by atoms with Crippen LogP contribution in [0.5, 0.6) is 5.75 Å². The number of nitro groups is 6. The maximum atomic E-state index is 14.3. The molecule has 0 spiro atoms. The summed E-state index contributed by atoms with van der Waals surface area (Å²) in [5, 5.41) is 78.2. The Morgan fingerprint density at radius 2 is 0.685 bits per heavy atom. The van der Waals surface area contributed by atoms with Crippen LogP contribution in [-0.4, -0.2) is 268 Å². The van der Waals surface area contributed by atoms with Gasteiger partial charge >= 0.3 is 81.5 Å². The third-order valence-electron chi connectivity index (χ3n) is 19.2. The summed E-state index contributed by atoms with van der Waals surface area (Å²) in [6.45, 7) is 9.24. The van der Waals surface area contributed by atoms with Gasteiger partial charge in [0.25, 0.3) is 0 Å². The quantitative estimate of drug-likeness (QED) is 0.00777. The van der Waals surface area contributed by atoms with E-state index in [-0.39, 0.29) is 249 Å². The second kappa shape index (κ2) is 67.7. The number of furan rings is 4. The van der Waals surface area contributed by atoms with Crippen LogP contribution >= 0.6 is 194 Å². The molecule has 0 aliphatic heterocycles. The summed E-state index contributed by atoms with van der Waals surface area (Å²) in [4.78, 5) is 68.9. The molecule has 7 aromatic rings. The minimum atomic E-state index is -3.86. The fourth-order valence-corrected chi connectivity index (χ4v) is 28.4. The van der Waals surface area contributed by atoms with Crippen molar-refractivity contribution in [2.24, 2.45) is 19.6 Å². The van der Waals surface area contributed by atoms with Gasteiger partial charge in [-0.2, -0.15) is 0 Å². The number of benzene rings is 1. The van der Waals surface area contributed by atoms with E-state index < -0.39 is 105 Å². The second-order valence-corrected chi connectivity index (χ2v) is 47.7. The first-order valence-corrected chi connectivity index (χ1v) is 59.8. The van der Waals surface area contributed by atoms with E-state index in [1.165, 1.54) is 100 Å². The lowest BCUT2D eigenvalue weighted by Gasteiger charge is -2.41. The van der Waals surface area contributed by atoms with Crippen LogP contribution in [0.2, 0.25) is 0 Å². The molecular weight excluding hydrogens is 2370 g/mol. The third-order valence-corrected chi connectivity index (χ3v) is 35.4. The van der Waals surface area contributed by atoms with Gasteiger partial charge in [0.1, 0.15) is 100 Å². The van der Waals surface area contributed by atoms with Gasteiger partial charge in [-0.05, 0) is 92.3 Å². The summed E-state index contributed by atoms with van der Waals surface area (Å²) in [6, 6.07) is 14.0. The van der Waals surface area contributed by atoms with Crippen molar-refractivity contribution in [3.8, 4) is 5.75 Å². The zero-order chi connectivity index (χ0) is 107. The van der Waals surface area contributed by atoms with Crippen molar-refractivity contribution >= 4 is 229 Å². The van der Waals surface area contributed by atoms with E-state index in [9.17, 15) is 92.5 Å². The molecule has 51 nitrogen and oxygen atoms in total. The second-order valence-electron chi connectivity index (χ2n) is 29.4. The summed E-state index contributed by atoms with van der Waals surface area (Å²) in [6.07, 6.45) is 3.55. The van der Waals surface area contributed by atoms with Crippen LogP contribution < -0.4 is 30.6 Å². The molecule has 0 saturated heterocycles. The highest BCUT2D eigenvalue weighted by Crippen LogP contribution is 2.58. The lowest BCUT2D eigenvalue weighted by molar-refractivity contribution is -0.402. The molecule has 70 heteroatoms. The molecule has 143 heavy (non-hydrogen) atoms. The average Bonchev–Trinajstić information content (AvgIpc) is 1.69. The Hall–Kier alpha value is -4.59. The zero-order valence-corrected chi connectivity index (χ0v) is 94.0. The molecule has 810 valence electrons. The van der Waals surface area contributed by atoms with Crippen LogP contribution in [0.1, 0.15) is 80.5 Å². The molecular formula is C73H113Br2Cl10FN22O29P6. The highest BCUT2D eigenvalue weighted by atomic mass is 79.9. The minimum Gasteiger partial charge on any atom is -0.483 e. The van der Waals surface area contributed by atoms with E-state index in [4.69, 9.17) is 171 Å². The topological polar surface area (TPSA) is 611 Å². The first-order valence-electron chi connectivity index (χ1n) is 42.8. The zero-order valence-electron chi connectivity index (χ0n) is 77.9. The van der Waals surface area contributed by atoms with Crippen LogP contribution in [0.3, 0.4) is 0 Å². The van der Waals surface area contributed by atoms with Gasteiger partial charge in [-0.25, -0.2) is 72.1 Å². The largest absolute Gasteiger partial charge is 0.483 e. The SMILES string of the molecule is CC(C)N(CCBr)P(=O)(OCc1cnc([N+](=O)[O-])n1C)N(CCBr)C(C)C.Cn1c(COc2ccc(COP(N)(=O)N(CCCl)CCCl)cc2F)cnc1[N+](=O)[O-].O=[N+]([O-])c1ccc(COP(=O)(NCCCCNP(=O)(OCc2ccc([N+](=O)[O-])o2)N(CCCl)CCCl)N(CCCl)CCCl)o1.O=[N+]([O-])c1ccc(COP(=O)(NCCNP(=O)(OCc2ccc([N+](=O)[O-])o2)N(CCCl)CCCl)N(CCCl)CCCl)o1. The summed E-state index contributed by atoms with van der Waals surface area (Å²) in [5.74, 6) is -1.63. The molecule has 0 aliphatic rings. The molecule has 6 N–H and O–H groups in total. The number of alkyl halides is 12. The number of hydrogen-bond donors (Lipinski definition) is 5. The highest BCUT2D eigenvalue weighted by Gasteiger charge is 2.43. The lowest BCUT2D eigenvalue weighted by atomic mass is 10.2. The molecule has 0 bridgehead atoms. The van der Waals surface area contributed by atoms with E-state index in [2.05, 4.69) is 62.2 Å². The number of unbranched alkanes of at least 4 members (excludes halogenated alkanes) is 1. The maximum absolute atomic E-state index is 14.3. The fraction of sp³-hybridized carbons (Fsp3) is 0.616. The monoisotopic (exact) mass is 2470 g/mol. The molecule has 6 aromatic heterocycles. The van der Waals surface area contributed by atoms with Crippen molar-refractivity contribution in [2.75, 3.05) is 174 Å². The Labute approximate surface area is 889 Å². The maximum Gasteiger partial charge on any atom is 0.434 e. The highest BCUT2D eigenvalue weighted by molar-refractivity contribution is 9.09. The van der Waals surface area contributed by atoms with Gasteiger partial charge in [0.05, 0.1) is 45.0 Å². The van der Waals surface area contributed by atoms with Crippen molar-refractivity contribution in [2.45, 2.75) is 98.9 Å². The fourth-order valence-electron chi connectivity index (χ4n) is 12.2. The van der Waals surface area contributed by atoms with Crippen molar-refractivity contribution in [1.29, 1.82) is 0 Å². The Morgan fingerprint density at radius 1 is 0.399 bits per heavy atom. The number of ether oxygens (including phenoxy) is 1. The van der Waals surface area contributed by atoms with Crippen molar-refractivity contribution in [3.05, 3.63) is 186 Å². The first-order chi connectivity index (χ1) is 67.8. The van der Waals surface area contributed by atoms with Gasteiger partial charge < -0.3 is 47.2 Å². The van der Waals surface area contributed by atoms with Crippen molar-refractivity contribution < 1.29 is 111 Å². The summed E-state index contributed by atoms with van der Waals surface area (Å²) >= 11 is 65.4. The Morgan fingerprint density at radius 3 is 0.937 bits per heavy atom. The van der Waals surface area contributed by atoms with E-state index in [0.29, 0.717) is 53.5 Å².